The Morgan fingerprint density at radius 2 is 2.33 bits per heavy atom. The van der Waals surface area contributed by atoms with Crippen molar-refractivity contribution in [2.75, 3.05) is 6.54 Å². The van der Waals surface area contributed by atoms with E-state index in [-0.39, 0.29) is 5.56 Å². The molecule has 5 heteroatoms. The maximum atomic E-state index is 12.7. The van der Waals surface area contributed by atoms with Crippen molar-refractivity contribution in [1.82, 2.24) is 19.5 Å². The Bertz CT molecular complexity index is 724. The van der Waals surface area contributed by atoms with Gasteiger partial charge in [0.2, 0.25) is 0 Å². The van der Waals surface area contributed by atoms with Crippen LogP contribution < -0.4 is 5.56 Å². The minimum atomic E-state index is -0.0175. The summed E-state index contributed by atoms with van der Waals surface area (Å²) in [6, 6.07) is 2.01. The predicted octanol–water partition coefficient (Wildman–Crippen LogP) is 2.56. The van der Waals surface area contributed by atoms with E-state index in [1.54, 1.807) is 6.20 Å². The van der Waals surface area contributed by atoms with Gasteiger partial charge in [-0.05, 0) is 32.4 Å². The first-order chi connectivity index (χ1) is 10.1. The van der Waals surface area contributed by atoms with Crippen LogP contribution in [0.25, 0.3) is 5.65 Å². The highest BCUT2D eigenvalue weighted by molar-refractivity contribution is 5.43. The molecule has 0 aliphatic heterocycles. The van der Waals surface area contributed by atoms with Gasteiger partial charge < -0.3 is 9.88 Å². The number of aromatic nitrogens is 3. The third-order valence-electron chi connectivity index (χ3n) is 4.07. The van der Waals surface area contributed by atoms with E-state index in [1.807, 2.05) is 13.0 Å². The highest BCUT2D eigenvalue weighted by Gasteiger charge is 2.27. The van der Waals surface area contributed by atoms with Gasteiger partial charge in [-0.2, -0.15) is 9.61 Å². The molecule has 1 aliphatic rings. The largest absolute Gasteiger partial charge is 0.373 e. The molecule has 0 unspecified atom stereocenters. The molecule has 1 N–H and O–H groups in total. The Kier molecular flexibility index (Phi) is 3.57. The summed E-state index contributed by atoms with van der Waals surface area (Å²) < 4.78 is 1.52. The molecule has 1 fully saturated rings. The maximum absolute atomic E-state index is 12.7. The van der Waals surface area contributed by atoms with Gasteiger partial charge in [0.1, 0.15) is 5.65 Å². The van der Waals surface area contributed by atoms with Crippen LogP contribution in [0, 0.1) is 6.92 Å². The zero-order chi connectivity index (χ0) is 15.0. The molecule has 5 nitrogen and oxygen atoms in total. The van der Waals surface area contributed by atoms with Crippen LogP contribution in [-0.4, -0.2) is 26.0 Å². The molecular formula is C16H22N4O. The molecule has 112 valence electrons. The monoisotopic (exact) mass is 286 g/mol. The van der Waals surface area contributed by atoms with Gasteiger partial charge in [-0.25, -0.2) is 0 Å². The fourth-order valence-electron chi connectivity index (χ4n) is 2.69. The van der Waals surface area contributed by atoms with Gasteiger partial charge in [-0.15, -0.1) is 0 Å². The van der Waals surface area contributed by atoms with Crippen LogP contribution in [0.5, 0.6) is 0 Å². The van der Waals surface area contributed by atoms with Crippen LogP contribution >= 0.6 is 0 Å². The van der Waals surface area contributed by atoms with Gasteiger partial charge in [-0.3, -0.25) is 4.79 Å². The van der Waals surface area contributed by atoms with Crippen LogP contribution in [0.1, 0.15) is 49.1 Å². The number of hydrogen-bond donors (Lipinski definition) is 1. The second-order valence-electron chi connectivity index (χ2n) is 5.83. The van der Waals surface area contributed by atoms with Gasteiger partial charge in [0.25, 0.3) is 5.56 Å². The van der Waals surface area contributed by atoms with Crippen molar-refractivity contribution in [2.24, 2.45) is 0 Å². The van der Waals surface area contributed by atoms with E-state index in [4.69, 9.17) is 0 Å². The molecule has 0 radical (unpaired) electrons. The topological polar surface area (TPSA) is 53.4 Å². The lowest BCUT2D eigenvalue weighted by atomic mass is 10.2. The van der Waals surface area contributed by atoms with Crippen molar-refractivity contribution in [3.63, 3.8) is 0 Å². The van der Waals surface area contributed by atoms with Gasteiger partial charge in [0.05, 0.1) is 11.3 Å². The zero-order valence-electron chi connectivity index (χ0n) is 12.7. The summed E-state index contributed by atoms with van der Waals surface area (Å²) in [4.78, 5) is 18.1. The third kappa shape index (κ3) is 2.60. The summed E-state index contributed by atoms with van der Waals surface area (Å²) >= 11 is 0. The summed E-state index contributed by atoms with van der Waals surface area (Å²) in [5.74, 6) is 0.547. The van der Waals surface area contributed by atoms with E-state index >= 15 is 0 Å². The Labute approximate surface area is 124 Å². The molecule has 2 aromatic heterocycles. The van der Waals surface area contributed by atoms with Gasteiger partial charge >= 0.3 is 0 Å². The Morgan fingerprint density at radius 1 is 1.57 bits per heavy atom. The number of fused-ring (bicyclic) bond motifs is 1. The highest BCUT2D eigenvalue weighted by atomic mass is 16.1. The molecule has 2 heterocycles. The molecule has 21 heavy (non-hydrogen) atoms. The molecule has 0 atom stereocenters. The van der Waals surface area contributed by atoms with Gasteiger partial charge in [0, 0.05) is 30.8 Å². The van der Waals surface area contributed by atoms with Crippen molar-refractivity contribution in [1.29, 1.82) is 0 Å². The van der Waals surface area contributed by atoms with Crippen molar-refractivity contribution in [3.05, 3.63) is 46.2 Å². The summed E-state index contributed by atoms with van der Waals surface area (Å²) in [5, 5.41) is 4.48. The molecule has 1 aliphatic carbocycles. The van der Waals surface area contributed by atoms with E-state index in [0.29, 0.717) is 12.5 Å². The van der Waals surface area contributed by atoms with Crippen LogP contribution in [-0.2, 0) is 6.54 Å². The first-order valence-corrected chi connectivity index (χ1v) is 7.62. The second kappa shape index (κ2) is 5.39. The summed E-state index contributed by atoms with van der Waals surface area (Å²) in [5.41, 5.74) is 3.49. The normalized spacial score (nSPS) is 14.6. The SMILES string of the molecule is C=CN(CCC)Cc1c(C)[nH]c2cc(C3CC3)nn2c1=O. The molecular weight excluding hydrogens is 264 g/mol. The minimum Gasteiger partial charge on any atom is -0.373 e. The summed E-state index contributed by atoms with van der Waals surface area (Å²) in [7, 11) is 0. The summed E-state index contributed by atoms with van der Waals surface area (Å²) in [6.07, 6.45) is 5.19. The zero-order valence-corrected chi connectivity index (χ0v) is 12.7. The molecule has 1 saturated carbocycles. The number of aryl methyl sites for hydroxylation is 1. The average molecular weight is 286 g/mol. The second-order valence-corrected chi connectivity index (χ2v) is 5.83. The standard InChI is InChI=1S/C16H22N4O/c1-4-8-19(5-2)10-13-11(3)17-15-9-14(12-6-7-12)18-20(15)16(13)21/h5,9,12,17H,2,4,6-8,10H2,1,3H3. The maximum Gasteiger partial charge on any atom is 0.279 e. The first-order valence-electron chi connectivity index (χ1n) is 7.62. The van der Waals surface area contributed by atoms with Gasteiger partial charge in [-0.1, -0.05) is 13.5 Å². The Morgan fingerprint density at radius 3 is 2.95 bits per heavy atom. The predicted molar refractivity (Wildman–Crippen MR) is 83.4 cm³/mol. The van der Waals surface area contributed by atoms with Crippen LogP contribution in [0.2, 0.25) is 0 Å². The fourth-order valence-corrected chi connectivity index (χ4v) is 2.69. The van der Waals surface area contributed by atoms with Crippen molar-refractivity contribution in [3.8, 4) is 0 Å². The van der Waals surface area contributed by atoms with E-state index in [9.17, 15) is 4.79 Å². The smallest absolute Gasteiger partial charge is 0.279 e. The molecule has 3 rings (SSSR count). The lowest BCUT2D eigenvalue weighted by Crippen LogP contribution is -2.27. The highest BCUT2D eigenvalue weighted by Crippen LogP contribution is 2.39. The van der Waals surface area contributed by atoms with Gasteiger partial charge in [0.15, 0.2) is 0 Å². The lowest BCUT2D eigenvalue weighted by Gasteiger charge is -2.19. The van der Waals surface area contributed by atoms with Crippen LogP contribution in [0.15, 0.2) is 23.6 Å². The average Bonchev–Trinajstić information content (AvgIpc) is 3.23. The van der Waals surface area contributed by atoms with Crippen LogP contribution in [0.3, 0.4) is 0 Å². The number of rotatable bonds is 6. The van der Waals surface area contributed by atoms with Crippen molar-refractivity contribution in [2.45, 2.75) is 45.6 Å². The van der Waals surface area contributed by atoms with E-state index < -0.39 is 0 Å². The summed E-state index contributed by atoms with van der Waals surface area (Å²) in [6.45, 7) is 9.37. The number of H-pyrrole nitrogens is 1. The van der Waals surface area contributed by atoms with Crippen LogP contribution in [0.4, 0.5) is 0 Å². The van der Waals surface area contributed by atoms with Crippen molar-refractivity contribution < 1.29 is 0 Å². The minimum absolute atomic E-state index is 0.0175. The number of nitrogens with zero attached hydrogens (tertiary/aromatic N) is 3. The van der Waals surface area contributed by atoms with E-state index in [1.165, 1.54) is 17.4 Å². The molecule has 0 amide bonds. The number of aromatic amines is 1. The fraction of sp³-hybridized carbons (Fsp3) is 0.500. The lowest BCUT2D eigenvalue weighted by molar-refractivity contribution is 0.366. The number of hydrogen-bond acceptors (Lipinski definition) is 3. The van der Waals surface area contributed by atoms with Crippen molar-refractivity contribution >= 4 is 5.65 Å². The molecule has 0 spiro atoms. The Balaban J connectivity index is 2.01. The first kappa shape index (κ1) is 13.9. The Hall–Kier alpha value is -2.04. The molecule has 0 aromatic carbocycles. The number of nitrogens with one attached hydrogen (secondary N) is 1. The van der Waals surface area contributed by atoms with E-state index in [0.717, 1.165) is 35.6 Å². The molecule has 2 aromatic rings. The quantitative estimate of drug-likeness (QED) is 0.888. The molecule has 0 bridgehead atoms. The van der Waals surface area contributed by atoms with E-state index in [2.05, 4.69) is 28.5 Å². The third-order valence-corrected chi connectivity index (χ3v) is 4.07. The molecule has 0 saturated heterocycles.